The second-order valence-corrected chi connectivity index (χ2v) is 5.00. The van der Waals surface area contributed by atoms with Gasteiger partial charge in [0.25, 0.3) is 5.91 Å². The molecule has 1 N–H and O–H groups in total. The molecule has 0 aliphatic rings. The summed E-state index contributed by atoms with van der Waals surface area (Å²) in [6.45, 7) is 0. The summed E-state index contributed by atoms with van der Waals surface area (Å²) < 4.78 is 0. The molecule has 6 heteroatoms. The van der Waals surface area contributed by atoms with Gasteiger partial charge in [-0.15, -0.1) is 0 Å². The average Bonchev–Trinajstić information content (AvgIpc) is 2.56. The van der Waals surface area contributed by atoms with Gasteiger partial charge in [-0.1, -0.05) is 53.6 Å². The van der Waals surface area contributed by atoms with Gasteiger partial charge in [0.15, 0.2) is 0 Å². The molecule has 2 aromatic rings. The fourth-order valence-corrected chi connectivity index (χ4v) is 2.17. The predicted molar refractivity (Wildman–Crippen MR) is 86.6 cm³/mol. The van der Waals surface area contributed by atoms with Gasteiger partial charge in [-0.05, 0) is 29.6 Å². The first kappa shape index (κ1) is 16.3. The van der Waals surface area contributed by atoms with Crippen LogP contribution in [0.15, 0.2) is 65.8 Å². The summed E-state index contributed by atoms with van der Waals surface area (Å²) in [6.07, 6.45) is 0.398. The lowest BCUT2D eigenvalue weighted by molar-refractivity contribution is -0.120. The zero-order valence-electron chi connectivity index (χ0n) is 12.4. The molecule has 0 heterocycles. The van der Waals surface area contributed by atoms with Crippen LogP contribution < -0.4 is 5.32 Å². The molecule has 0 aliphatic heterocycles. The van der Waals surface area contributed by atoms with Gasteiger partial charge in [0.1, 0.15) is 0 Å². The molecule has 0 bridgehead atoms. The van der Waals surface area contributed by atoms with Crippen molar-refractivity contribution in [1.82, 2.24) is 5.32 Å². The molecule has 2 rings (SSSR count). The van der Waals surface area contributed by atoms with E-state index >= 15 is 0 Å². The van der Waals surface area contributed by atoms with E-state index in [9.17, 15) is 9.59 Å². The van der Waals surface area contributed by atoms with E-state index in [0.29, 0.717) is 12.0 Å². The molecule has 1 atom stereocenters. The van der Waals surface area contributed by atoms with Crippen molar-refractivity contribution >= 4 is 11.8 Å². The summed E-state index contributed by atoms with van der Waals surface area (Å²) in [5.41, 5.74) is 10.0. The molecular formula is C17H16N4O2. The van der Waals surface area contributed by atoms with Crippen LogP contribution in [0.25, 0.3) is 10.4 Å². The average molecular weight is 308 g/mol. The third kappa shape index (κ3) is 5.30. The quantitative estimate of drug-likeness (QED) is 0.503. The number of carbonyl (C=O) groups excluding carboxylic acids is 2. The van der Waals surface area contributed by atoms with Crippen molar-refractivity contribution in [3.63, 3.8) is 0 Å². The van der Waals surface area contributed by atoms with E-state index in [4.69, 9.17) is 5.53 Å². The maximum atomic E-state index is 12.0. The predicted octanol–water partition coefficient (Wildman–Crippen LogP) is 3.25. The summed E-state index contributed by atoms with van der Waals surface area (Å²) >= 11 is 0. The van der Waals surface area contributed by atoms with Gasteiger partial charge < -0.3 is 0 Å². The van der Waals surface area contributed by atoms with Crippen LogP contribution >= 0.6 is 0 Å². The Morgan fingerprint density at radius 2 is 1.65 bits per heavy atom. The highest BCUT2D eigenvalue weighted by Gasteiger charge is 2.16. The van der Waals surface area contributed by atoms with Crippen LogP contribution in [0.4, 0.5) is 0 Å². The van der Waals surface area contributed by atoms with Crippen molar-refractivity contribution in [1.29, 1.82) is 0 Å². The van der Waals surface area contributed by atoms with E-state index in [1.807, 2.05) is 30.3 Å². The molecular weight excluding hydrogens is 292 g/mol. The molecule has 0 aliphatic carbocycles. The summed E-state index contributed by atoms with van der Waals surface area (Å²) in [5, 5.41) is 5.96. The Morgan fingerprint density at radius 1 is 1.04 bits per heavy atom. The number of rotatable bonds is 6. The molecule has 23 heavy (non-hydrogen) atoms. The maximum absolute atomic E-state index is 12.0. The Morgan fingerprint density at radius 3 is 2.26 bits per heavy atom. The number of azide groups is 1. The van der Waals surface area contributed by atoms with E-state index in [2.05, 4.69) is 15.3 Å². The lowest BCUT2D eigenvalue weighted by atomic mass is 10.0. The second kappa shape index (κ2) is 8.36. The van der Waals surface area contributed by atoms with Gasteiger partial charge in [0.05, 0.1) is 6.04 Å². The Hall–Kier alpha value is -3.11. The summed E-state index contributed by atoms with van der Waals surface area (Å²) in [5.74, 6) is -0.929. The van der Waals surface area contributed by atoms with Crippen molar-refractivity contribution in [2.24, 2.45) is 5.11 Å². The standard InChI is InChI=1S/C17H16N4O2/c18-21-20-15(11-13-7-3-1-4-8-13)12-16(22)19-17(23)14-9-5-2-6-10-14/h1-10,15H,11-12H2,(H,19,22,23)/t15-/m1/s1. The van der Waals surface area contributed by atoms with Crippen LogP contribution in [0.1, 0.15) is 22.3 Å². The van der Waals surface area contributed by atoms with Crippen LogP contribution in [0.2, 0.25) is 0 Å². The van der Waals surface area contributed by atoms with E-state index in [1.165, 1.54) is 0 Å². The highest BCUT2D eigenvalue weighted by molar-refractivity contribution is 6.04. The van der Waals surface area contributed by atoms with Crippen molar-refractivity contribution in [3.8, 4) is 0 Å². The van der Waals surface area contributed by atoms with Crippen molar-refractivity contribution in [3.05, 3.63) is 82.2 Å². The number of nitrogens with one attached hydrogen (secondary N) is 1. The van der Waals surface area contributed by atoms with Crippen molar-refractivity contribution < 1.29 is 9.59 Å². The number of carbonyl (C=O) groups is 2. The fraction of sp³-hybridized carbons (Fsp3) is 0.176. The molecule has 0 spiro atoms. The maximum Gasteiger partial charge on any atom is 0.257 e. The van der Waals surface area contributed by atoms with Gasteiger partial charge in [-0.2, -0.15) is 0 Å². The number of imide groups is 1. The number of benzene rings is 2. The Bertz CT molecular complexity index is 710. The Labute approximate surface area is 133 Å². The van der Waals surface area contributed by atoms with E-state index in [0.717, 1.165) is 5.56 Å². The van der Waals surface area contributed by atoms with Gasteiger partial charge in [-0.3, -0.25) is 14.9 Å². The zero-order valence-corrected chi connectivity index (χ0v) is 12.4. The Balaban J connectivity index is 1.95. The SMILES string of the molecule is [N-]=[N+]=N[C@@H](CC(=O)NC(=O)c1ccccc1)Cc1ccccc1. The van der Waals surface area contributed by atoms with Crippen LogP contribution in [-0.2, 0) is 11.2 Å². The molecule has 6 nitrogen and oxygen atoms in total. The summed E-state index contributed by atoms with van der Waals surface area (Å²) in [4.78, 5) is 26.7. The van der Waals surface area contributed by atoms with Crippen LogP contribution in [0.3, 0.4) is 0 Å². The highest BCUT2D eigenvalue weighted by Crippen LogP contribution is 2.10. The number of amides is 2. The third-order valence-corrected chi connectivity index (χ3v) is 3.24. The van der Waals surface area contributed by atoms with Crippen LogP contribution in [0.5, 0.6) is 0 Å². The molecule has 0 saturated carbocycles. The van der Waals surface area contributed by atoms with Crippen LogP contribution in [0, 0.1) is 0 Å². The van der Waals surface area contributed by atoms with Gasteiger partial charge >= 0.3 is 0 Å². The smallest absolute Gasteiger partial charge is 0.257 e. The number of nitrogens with zero attached hydrogens (tertiary/aromatic N) is 3. The summed E-state index contributed by atoms with van der Waals surface area (Å²) in [7, 11) is 0. The molecule has 0 radical (unpaired) electrons. The van der Waals surface area contributed by atoms with E-state index in [-0.39, 0.29) is 6.42 Å². The highest BCUT2D eigenvalue weighted by atomic mass is 16.2. The normalized spacial score (nSPS) is 11.1. The molecule has 2 amide bonds. The third-order valence-electron chi connectivity index (χ3n) is 3.24. The lowest BCUT2D eigenvalue weighted by Gasteiger charge is -2.11. The Kier molecular flexibility index (Phi) is 5.91. The number of hydrogen-bond acceptors (Lipinski definition) is 3. The molecule has 0 fully saturated rings. The fourth-order valence-electron chi connectivity index (χ4n) is 2.17. The van der Waals surface area contributed by atoms with Gasteiger partial charge in [0.2, 0.25) is 5.91 Å². The number of hydrogen-bond donors (Lipinski definition) is 1. The molecule has 0 aromatic heterocycles. The monoisotopic (exact) mass is 308 g/mol. The minimum absolute atomic E-state index is 0.0441. The van der Waals surface area contributed by atoms with E-state index in [1.54, 1.807) is 30.3 Å². The van der Waals surface area contributed by atoms with E-state index < -0.39 is 17.9 Å². The lowest BCUT2D eigenvalue weighted by Crippen LogP contribution is -2.33. The van der Waals surface area contributed by atoms with Crippen LogP contribution in [-0.4, -0.2) is 17.9 Å². The first-order valence-corrected chi connectivity index (χ1v) is 7.16. The van der Waals surface area contributed by atoms with Crippen molar-refractivity contribution in [2.75, 3.05) is 0 Å². The largest absolute Gasteiger partial charge is 0.292 e. The van der Waals surface area contributed by atoms with Gasteiger partial charge in [0, 0.05) is 16.9 Å². The molecule has 116 valence electrons. The molecule has 0 saturated heterocycles. The van der Waals surface area contributed by atoms with Gasteiger partial charge in [-0.25, -0.2) is 0 Å². The summed E-state index contributed by atoms with van der Waals surface area (Å²) in [6, 6.07) is 17.4. The second-order valence-electron chi connectivity index (χ2n) is 5.00. The van der Waals surface area contributed by atoms with Crippen molar-refractivity contribution in [2.45, 2.75) is 18.9 Å². The molecule has 2 aromatic carbocycles. The minimum atomic E-state index is -0.536. The molecule has 0 unspecified atom stereocenters. The topological polar surface area (TPSA) is 94.9 Å². The zero-order chi connectivity index (χ0) is 16.5. The first-order valence-electron chi connectivity index (χ1n) is 7.16. The first-order chi connectivity index (χ1) is 11.2. The minimum Gasteiger partial charge on any atom is -0.292 e.